The van der Waals surface area contributed by atoms with Crippen molar-refractivity contribution in [2.45, 2.75) is 0 Å². The van der Waals surface area contributed by atoms with Crippen LogP contribution in [0.2, 0.25) is 0 Å². The van der Waals surface area contributed by atoms with Crippen LogP contribution in [0, 0.1) is 0 Å². The summed E-state index contributed by atoms with van der Waals surface area (Å²) in [4.78, 5) is 15.2. The Kier molecular flexibility index (Phi) is 8.79. The largest absolute Gasteiger partial charge is 0.454 e. The zero-order valence-corrected chi connectivity index (χ0v) is 37.2. The summed E-state index contributed by atoms with van der Waals surface area (Å²) in [6.45, 7) is 0. The van der Waals surface area contributed by atoms with Crippen LogP contribution in [0.1, 0.15) is 0 Å². The normalized spacial score (nSPS) is 11.8. The lowest BCUT2D eigenvalue weighted by atomic mass is 9.93. The quantitative estimate of drug-likeness (QED) is 0.160. The smallest absolute Gasteiger partial charge is 0.164 e. The van der Waals surface area contributed by atoms with Crippen LogP contribution in [-0.4, -0.2) is 24.1 Å². The first-order valence-corrected chi connectivity index (χ1v) is 23.3. The Morgan fingerprint density at radius 2 is 0.797 bits per heavy atom. The number of nitrogens with zero attached hydrogens (tertiary/aromatic N) is 5. The third kappa shape index (κ3) is 6.30. The minimum Gasteiger partial charge on any atom is -0.454 e. The first-order chi connectivity index (χ1) is 34.2. The molecule has 14 rings (SSSR count). The molecule has 4 aromatic heterocycles. The number of benzene rings is 10. The van der Waals surface area contributed by atoms with E-state index >= 15 is 0 Å². The average Bonchev–Trinajstić information content (AvgIpc) is 4.08. The second kappa shape index (κ2) is 15.6. The van der Waals surface area contributed by atoms with Crippen molar-refractivity contribution in [3.63, 3.8) is 0 Å². The van der Waals surface area contributed by atoms with Gasteiger partial charge in [-0.25, -0.2) is 15.0 Å². The van der Waals surface area contributed by atoms with Gasteiger partial charge in [0, 0.05) is 54.7 Å². The van der Waals surface area contributed by atoms with E-state index in [1.807, 2.05) is 60.7 Å². The van der Waals surface area contributed by atoms with E-state index < -0.39 is 0 Å². The molecule has 6 heteroatoms. The number of para-hydroxylation sites is 4. The second-order valence-corrected chi connectivity index (χ2v) is 17.6. The Morgan fingerprint density at radius 1 is 0.304 bits per heavy atom. The highest BCUT2D eigenvalue weighted by Crippen LogP contribution is 2.45. The second-order valence-electron chi connectivity index (χ2n) is 17.6. The highest BCUT2D eigenvalue weighted by Gasteiger charge is 2.23. The summed E-state index contributed by atoms with van der Waals surface area (Å²) in [5, 5.41) is 6.90. The van der Waals surface area contributed by atoms with Crippen molar-refractivity contribution < 1.29 is 4.42 Å². The molecule has 0 N–H and O–H groups in total. The molecular weight excluding hydrogens is 843 g/mol. The highest BCUT2D eigenvalue weighted by molar-refractivity contribution is 6.21. The van der Waals surface area contributed by atoms with Crippen molar-refractivity contribution >= 4 is 65.6 Å². The molecule has 0 radical (unpaired) electrons. The van der Waals surface area contributed by atoms with Gasteiger partial charge in [0.2, 0.25) is 0 Å². The SMILES string of the molecule is c1ccc(-c2cc(-c3cccc(-c4nc(-c5ccccc5)nc(-c5ccccc5)n4)c3)c3c(c2)oc2c(-n4c5ccccc5c5cc6c7ccccc7n(-c7ccccc7)c6cc54)cccc23)cc1. The van der Waals surface area contributed by atoms with Crippen LogP contribution in [0.15, 0.2) is 241 Å². The standard InChI is InChI=1S/C63H39N5O/c1-5-19-40(20-6-1)45-36-50(43-25-17-26-44(35-43)63-65-61(41-21-7-2-8-22-41)64-62(66-63)42-23-9-3-10-24-42)59-49-31-18-34-55(60(49)69-58(59)37-45)68-54-33-16-14-30-48(54)52-38-51-47-29-13-15-32-53(47)67(56(51)39-57(52)68)46-27-11-4-12-28-46/h1-39H. The molecule has 6 nitrogen and oxygen atoms in total. The Bertz CT molecular complexity index is 4230. The first-order valence-electron chi connectivity index (χ1n) is 23.3. The maximum atomic E-state index is 7.24. The molecule has 0 saturated heterocycles. The first kappa shape index (κ1) is 38.8. The molecule has 69 heavy (non-hydrogen) atoms. The van der Waals surface area contributed by atoms with Crippen molar-refractivity contribution in [3.8, 4) is 67.8 Å². The van der Waals surface area contributed by atoms with Gasteiger partial charge in [-0.2, -0.15) is 0 Å². The number of fused-ring (bicyclic) bond motifs is 9. The Morgan fingerprint density at radius 3 is 1.45 bits per heavy atom. The van der Waals surface area contributed by atoms with Gasteiger partial charge in [-0.3, -0.25) is 0 Å². The summed E-state index contributed by atoms with van der Waals surface area (Å²) in [7, 11) is 0. The molecule has 0 saturated carbocycles. The van der Waals surface area contributed by atoms with E-state index in [1.165, 1.54) is 27.1 Å². The van der Waals surface area contributed by atoms with E-state index in [2.05, 4.69) is 185 Å². The molecule has 0 unspecified atom stereocenters. The van der Waals surface area contributed by atoms with Gasteiger partial charge in [0.25, 0.3) is 0 Å². The molecule has 0 amide bonds. The van der Waals surface area contributed by atoms with Crippen molar-refractivity contribution in [1.82, 2.24) is 24.1 Å². The molecule has 0 aliphatic heterocycles. The van der Waals surface area contributed by atoms with Crippen LogP contribution in [0.25, 0.3) is 133 Å². The summed E-state index contributed by atoms with van der Waals surface area (Å²) in [5.41, 5.74) is 15.3. The molecule has 0 atom stereocenters. The molecule has 0 fully saturated rings. The van der Waals surface area contributed by atoms with Gasteiger partial charge in [0.05, 0.1) is 27.8 Å². The van der Waals surface area contributed by atoms with Crippen LogP contribution >= 0.6 is 0 Å². The molecule has 322 valence electrons. The topological polar surface area (TPSA) is 61.7 Å². The monoisotopic (exact) mass is 881 g/mol. The van der Waals surface area contributed by atoms with Crippen molar-refractivity contribution in [2.75, 3.05) is 0 Å². The molecular formula is C63H39N5O. The summed E-state index contributed by atoms with van der Waals surface area (Å²) >= 11 is 0. The lowest BCUT2D eigenvalue weighted by molar-refractivity contribution is 0.666. The van der Waals surface area contributed by atoms with Gasteiger partial charge >= 0.3 is 0 Å². The third-order valence-corrected chi connectivity index (χ3v) is 13.5. The van der Waals surface area contributed by atoms with Gasteiger partial charge in [0.15, 0.2) is 23.1 Å². The van der Waals surface area contributed by atoms with Crippen LogP contribution in [0.3, 0.4) is 0 Å². The van der Waals surface area contributed by atoms with Gasteiger partial charge in [-0.05, 0) is 82.9 Å². The van der Waals surface area contributed by atoms with Crippen molar-refractivity contribution in [2.24, 2.45) is 0 Å². The summed E-state index contributed by atoms with van der Waals surface area (Å²) < 4.78 is 12.0. The zero-order chi connectivity index (χ0) is 45.4. The van der Waals surface area contributed by atoms with E-state index in [0.29, 0.717) is 17.5 Å². The van der Waals surface area contributed by atoms with Crippen LogP contribution < -0.4 is 0 Å². The lowest BCUT2D eigenvalue weighted by Crippen LogP contribution is -2.00. The predicted octanol–water partition coefficient (Wildman–Crippen LogP) is 16.3. The van der Waals surface area contributed by atoms with Gasteiger partial charge in [0.1, 0.15) is 5.58 Å². The number of aromatic nitrogens is 5. The van der Waals surface area contributed by atoms with E-state index in [0.717, 1.165) is 88.8 Å². The van der Waals surface area contributed by atoms with Gasteiger partial charge < -0.3 is 13.6 Å². The van der Waals surface area contributed by atoms with E-state index in [4.69, 9.17) is 19.4 Å². The van der Waals surface area contributed by atoms with Crippen molar-refractivity contribution in [1.29, 1.82) is 0 Å². The van der Waals surface area contributed by atoms with Crippen molar-refractivity contribution in [3.05, 3.63) is 237 Å². The van der Waals surface area contributed by atoms with E-state index in [-0.39, 0.29) is 0 Å². The number of furan rings is 1. The molecule has 0 bridgehead atoms. The molecule has 0 spiro atoms. The molecule has 10 aromatic carbocycles. The summed E-state index contributed by atoms with van der Waals surface area (Å²) in [6, 6.07) is 83.3. The minimum atomic E-state index is 0.603. The fraction of sp³-hybridized carbons (Fsp3) is 0. The number of hydrogen-bond donors (Lipinski definition) is 0. The number of rotatable bonds is 7. The molecule has 0 aliphatic carbocycles. The Balaban J connectivity index is 1.01. The predicted molar refractivity (Wildman–Crippen MR) is 283 cm³/mol. The molecule has 14 aromatic rings. The fourth-order valence-electron chi connectivity index (χ4n) is 10.4. The van der Waals surface area contributed by atoms with E-state index in [1.54, 1.807) is 0 Å². The fourth-order valence-corrected chi connectivity index (χ4v) is 10.4. The molecule has 4 heterocycles. The van der Waals surface area contributed by atoms with Crippen LogP contribution in [-0.2, 0) is 0 Å². The highest BCUT2D eigenvalue weighted by atomic mass is 16.3. The van der Waals surface area contributed by atoms with Crippen LogP contribution in [0.4, 0.5) is 0 Å². The average molecular weight is 882 g/mol. The van der Waals surface area contributed by atoms with Gasteiger partial charge in [-0.15, -0.1) is 0 Å². The minimum absolute atomic E-state index is 0.603. The molecule has 0 aliphatic rings. The van der Waals surface area contributed by atoms with Gasteiger partial charge in [-0.1, -0.05) is 176 Å². The summed E-state index contributed by atoms with van der Waals surface area (Å²) in [5.74, 6) is 1.85. The van der Waals surface area contributed by atoms with E-state index in [9.17, 15) is 0 Å². The third-order valence-electron chi connectivity index (χ3n) is 13.5. The van der Waals surface area contributed by atoms with Crippen LogP contribution in [0.5, 0.6) is 0 Å². The number of hydrogen-bond acceptors (Lipinski definition) is 4. The zero-order valence-electron chi connectivity index (χ0n) is 37.2. The Hall–Kier alpha value is -9.39. The maximum absolute atomic E-state index is 7.24. The maximum Gasteiger partial charge on any atom is 0.164 e. The summed E-state index contributed by atoms with van der Waals surface area (Å²) in [6.07, 6.45) is 0. The lowest BCUT2D eigenvalue weighted by Gasteiger charge is -2.12. The Labute approximate surface area is 396 Å².